The fraction of sp³-hybridized carbons (Fsp3) is 0.250. The van der Waals surface area contributed by atoms with Gasteiger partial charge in [-0.05, 0) is 42.3 Å². The molecule has 0 atom stereocenters. The summed E-state index contributed by atoms with van der Waals surface area (Å²) >= 11 is 0. The smallest absolute Gasteiger partial charge is 0.162 e. The Morgan fingerprint density at radius 2 is 1.63 bits per heavy atom. The fourth-order valence-electron chi connectivity index (χ4n) is 3.52. The Labute approximate surface area is 176 Å². The highest BCUT2D eigenvalue weighted by molar-refractivity contribution is 5.94. The number of fused-ring (bicyclic) bond motifs is 2. The molecule has 4 aromatic rings. The quantitative estimate of drug-likeness (QED) is 0.419. The number of nitrogens with zero attached hydrogens (tertiary/aromatic N) is 2. The van der Waals surface area contributed by atoms with Gasteiger partial charge in [-0.3, -0.25) is 0 Å². The molecule has 0 aliphatic rings. The number of unbranched alkanes of at least 4 members (excludes halogenated alkanes) is 1. The molecule has 1 aromatic heterocycles. The zero-order valence-corrected chi connectivity index (χ0v) is 17.3. The molecular weight excluding hydrogens is 376 g/mol. The molecule has 0 unspecified atom stereocenters. The molecule has 30 heavy (non-hydrogen) atoms. The lowest BCUT2D eigenvalue weighted by Crippen LogP contribution is -2.08. The summed E-state index contributed by atoms with van der Waals surface area (Å²) in [5.74, 6) is 2.74. The summed E-state index contributed by atoms with van der Waals surface area (Å²) in [6.45, 7) is 1.47. The van der Waals surface area contributed by atoms with Crippen LogP contribution in [0.1, 0.15) is 12.8 Å². The van der Waals surface area contributed by atoms with Gasteiger partial charge in [-0.15, -0.1) is 0 Å². The second-order valence-electron chi connectivity index (χ2n) is 7.10. The van der Waals surface area contributed by atoms with E-state index in [1.807, 2.05) is 24.3 Å². The van der Waals surface area contributed by atoms with Crippen molar-refractivity contribution in [3.8, 4) is 22.9 Å². The molecule has 0 saturated carbocycles. The Kier molecular flexibility index (Phi) is 5.95. The van der Waals surface area contributed by atoms with Crippen LogP contribution in [-0.4, -0.2) is 37.3 Å². The van der Waals surface area contributed by atoms with Gasteiger partial charge in [0.2, 0.25) is 0 Å². The van der Waals surface area contributed by atoms with Crippen molar-refractivity contribution < 1.29 is 9.47 Å². The van der Waals surface area contributed by atoms with E-state index < -0.39 is 0 Å². The SMILES string of the molecule is COc1cc2nc(-c3ccc4ccccc4c3)nc(NCCCCN)c2cc1OC. The summed E-state index contributed by atoms with van der Waals surface area (Å²) in [5, 5.41) is 6.69. The van der Waals surface area contributed by atoms with Gasteiger partial charge in [-0.25, -0.2) is 9.97 Å². The second kappa shape index (κ2) is 8.97. The maximum atomic E-state index is 5.63. The van der Waals surface area contributed by atoms with Crippen molar-refractivity contribution >= 4 is 27.5 Å². The molecule has 0 saturated heterocycles. The van der Waals surface area contributed by atoms with Crippen LogP contribution in [0.3, 0.4) is 0 Å². The number of benzene rings is 3. The highest BCUT2D eigenvalue weighted by Gasteiger charge is 2.14. The molecule has 0 radical (unpaired) electrons. The number of ether oxygens (including phenoxy) is 2. The average molecular weight is 402 g/mol. The first-order valence-electron chi connectivity index (χ1n) is 10.1. The van der Waals surface area contributed by atoms with Gasteiger partial charge in [0.05, 0.1) is 19.7 Å². The van der Waals surface area contributed by atoms with E-state index in [0.29, 0.717) is 23.9 Å². The number of anilines is 1. The van der Waals surface area contributed by atoms with Crippen LogP contribution < -0.4 is 20.5 Å². The van der Waals surface area contributed by atoms with Crippen LogP contribution in [0.2, 0.25) is 0 Å². The molecule has 0 aliphatic heterocycles. The van der Waals surface area contributed by atoms with Crippen molar-refractivity contribution in [2.45, 2.75) is 12.8 Å². The zero-order valence-electron chi connectivity index (χ0n) is 17.3. The first-order chi connectivity index (χ1) is 14.7. The van der Waals surface area contributed by atoms with Gasteiger partial charge in [-0.2, -0.15) is 0 Å². The van der Waals surface area contributed by atoms with Crippen LogP contribution >= 0.6 is 0 Å². The maximum absolute atomic E-state index is 5.63. The standard InChI is InChI=1S/C24H26N4O2/c1-29-21-14-19-20(15-22(21)30-2)27-23(28-24(19)26-12-6-5-11-25)18-10-9-16-7-3-4-8-17(16)13-18/h3-4,7-10,13-15H,5-6,11-12,25H2,1-2H3,(H,26,27,28). The van der Waals surface area contributed by atoms with E-state index in [1.54, 1.807) is 14.2 Å². The number of hydrogen-bond acceptors (Lipinski definition) is 6. The maximum Gasteiger partial charge on any atom is 0.162 e. The third kappa shape index (κ3) is 4.00. The average Bonchev–Trinajstić information content (AvgIpc) is 2.80. The van der Waals surface area contributed by atoms with Crippen LogP contribution in [0.25, 0.3) is 33.1 Å². The van der Waals surface area contributed by atoms with Crippen LogP contribution in [-0.2, 0) is 0 Å². The Balaban J connectivity index is 1.83. The zero-order chi connectivity index (χ0) is 20.9. The number of rotatable bonds is 8. The lowest BCUT2D eigenvalue weighted by molar-refractivity contribution is 0.356. The van der Waals surface area contributed by atoms with Gasteiger partial charge in [0, 0.05) is 23.6 Å². The van der Waals surface area contributed by atoms with Gasteiger partial charge in [0.1, 0.15) is 5.82 Å². The molecule has 6 nitrogen and oxygen atoms in total. The molecule has 0 bridgehead atoms. The number of hydrogen-bond donors (Lipinski definition) is 2. The van der Waals surface area contributed by atoms with E-state index in [4.69, 9.17) is 25.2 Å². The van der Waals surface area contributed by atoms with Gasteiger partial charge in [0.15, 0.2) is 17.3 Å². The van der Waals surface area contributed by atoms with Crippen molar-refractivity contribution in [3.63, 3.8) is 0 Å². The van der Waals surface area contributed by atoms with E-state index in [9.17, 15) is 0 Å². The Morgan fingerprint density at radius 1 is 0.867 bits per heavy atom. The predicted molar refractivity (Wildman–Crippen MR) is 122 cm³/mol. The Bertz CT molecular complexity index is 1180. The molecule has 3 N–H and O–H groups in total. The van der Waals surface area contributed by atoms with E-state index in [2.05, 4.69) is 35.6 Å². The molecule has 4 rings (SSSR count). The first-order valence-corrected chi connectivity index (χ1v) is 10.1. The van der Waals surface area contributed by atoms with Gasteiger partial charge in [-0.1, -0.05) is 36.4 Å². The fourth-order valence-corrected chi connectivity index (χ4v) is 3.52. The molecule has 3 aromatic carbocycles. The van der Waals surface area contributed by atoms with Crippen LogP contribution in [0, 0.1) is 0 Å². The lowest BCUT2D eigenvalue weighted by atomic mass is 10.1. The van der Waals surface area contributed by atoms with E-state index in [-0.39, 0.29) is 0 Å². The summed E-state index contributed by atoms with van der Waals surface area (Å²) < 4.78 is 11.0. The predicted octanol–water partition coefficient (Wildman–Crippen LogP) is 4.62. The van der Waals surface area contributed by atoms with Crippen molar-refractivity contribution in [1.82, 2.24) is 9.97 Å². The molecule has 154 valence electrons. The number of aromatic nitrogens is 2. The van der Waals surface area contributed by atoms with Crippen molar-refractivity contribution in [3.05, 3.63) is 54.6 Å². The van der Waals surface area contributed by atoms with Crippen molar-refractivity contribution in [2.75, 3.05) is 32.6 Å². The molecule has 0 spiro atoms. The molecule has 6 heteroatoms. The summed E-state index contributed by atoms with van der Waals surface area (Å²) in [4.78, 5) is 9.69. The summed E-state index contributed by atoms with van der Waals surface area (Å²) in [6, 6.07) is 18.4. The number of methoxy groups -OCH3 is 2. The highest BCUT2D eigenvalue weighted by Crippen LogP contribution is 2.35. The minimum Gasteiger partial charge on any atom is -0.493 e. The molecular formula is C24H26N4O2. The first kappa shape index (κ1) is 19.9. The summed E-state index contributed by atoms with van der Waals surface area (Å²) in [5.41, 5.74) is 7.40. The van der Waals surface area contributed by atoms with Crippen molar-refractivity contribution in [1.29, 1.82) is 0 Å². The number of nitrogens with one attached hydrogen (secondary N) is 1. The monoisotopic (exact) mass is 402 g/mol. The Hall–Kier alpha value is -3.38. The van der Waals surface area contributed by atoms with Gasteiger partial charge in [0.25, 0.3) is 0 Å². The van der Waals surface area contributed by atoms with E-state index in [1.165, 1.54) is 5.39 Å². The summed E-state index contributed by atoms with van der Waals surface area (Å²) in [7, 11) is 3.25. The lowest BCUT2D eigenvalue weighted by Gasteiger charge is -2.14. The van der Waals surface area contributed by atoms with Crippen LogP contribution in [0.15, 0.2) is 54.6 Å². The summed E-state index contributed by atoms with van der Waals surface area (Å²) in [6.07, 6.45) is 1.94. The van der Waals surface area contributed by atoms with Crippen molar-refractivity contribution in [2.24, 2.45) is 5.73 Å². The molecule has 0 fully saturated rings. The third-order valence-electron chi connectivity index (χ3n) is 5.13. The van der Waals surface area contributed by atoms with E-state index >= 15 is 0 Å². The third-order valence-corrected chi connectivity index (χ3v) is 5.13. The second-order valence-corrected chi connectivity index (χ2v) is 7.10. The van der Waals surface area contributed by atoms with Gasteiger partial charge < -0.3 is 20.5 Å². The number of nitrogens with two attached hydrogens (primary N) is 1. The van der Waals surface area contributed by atoms with Crippen LogP contribution in [0.4, 0.5) is 5.82 Å². The van der Waals surface area contributed by atoms with Crippen LogP contribution in [0.5, 0.6) is 11.5 Å². The Morgan fingerprint density at radius 3 is 2.40 bits per heavy atom. The normalized spacial score (nSPS) is 11.0. The molecule has 0 amide bonds. The van der Waals surface area contributed by atoms with Gasteiger partial charge >= 0.3 is 0 Å². The molecule has 0 aliphatic carbocycles. The topological polar surface area (TPSA) is 82.3 Å². The minimum atomic E-state index is 0.641. The minimum absolute atomic E-state index is 0.641. The van der Waals surface area contributed by atoms with E-state index in [0.717, 1.165) is 47.1 Å². The highest BCUT2D eigenvalue weighted by atomic mass is 16.5. The molecule has 1 heterocycles. The largest absolute Gasteiger partial charge is 0.493 e.